The third-order valence-corrected chi connectivity index (χ3v) is 3.77. The van der Waals surface area contributed by atoms with Crippen molar-refractivity contribution in [2.24, 2.45) is 5.92 Å². The Labute approximate surface area is 85.3 Å². The maximum absolute atomic E-state index is 3.74. The van der Waals surface area contributed by atoms with Crippen LogP contribution in [0, 0.1) is 5.92 Å². The summed E-state index contributed by atoms with van der Waals surface area (Å²) in [5.74, 6) is 1.04. The minimum Gasteiger partial charge on any atom is -0.0891 e. The summed E-state index contributed by atoms with van der Waals surface area (Å²) < 4.78 is 0. The smallest absolute Gasteiger partial charge is 0.0148 e. The Bertz CT molecular complexity index is 112. The molecule has 1 aliphatic rings. The monoisotopic (exact) mass is 232 g/mol. The van der Waals surface area contributed by atoms with Crippen molar-refractivity contribution in [2.75, 3.05) is 0 Å². The fourth-order valence-corrected chi connectivity index (χ4v) is 3.02. The Morgan fingerprint density at radius 1 is 1.25 bits per heavy atom. The highest BCUT2D eigenvalue weighted by Crippen LogP contribution is 2.31. The molecule has 0 spiro atoms. The minimum absolute atomic E-state index is 0.831. The average Bonchev–Trinajstić information content (AvgIpc) is 2.05. The summed E-state index contributed by atoms with van der Waals surface area (Å²) in [6, 6.07) is 0. The van der Waals surface area contributed by atoms with Crippen LogP contribution >= 0.6 is 15.9 Å². The van der Waals surface area contributed by atoms with Gasteiger partial charge >= 0.3 is 0 Å². The van der Waals surface area contributed by atoms with E-state index in [4.69, 9.17) is 0 Å². The van der Waals surface area contributed by atoms with E-state index >= 15 is 0 Å². The second-order valence-electron chi connectivity index (χ2n) is 4.13. The third-order valence-electron chi connectivity index (χ3n) is 2.93. The molecular formula is C11H21Br. The predicted molar refractivity (Wildman–Crippen MR) is 58.8 cm³/mol. The van der Waals surface area contributed by atoms with Gasteiger partial charge < -0.3 is 0 Å². The lowest BCUT2D eigenvalue weighted by Crippen LogP contribution is -2.14. The van der Waals surface area contributed by atoms with Crippen LogP contribution in [0.15, 0.2) is 0 Å². The summed E-state index contributed by atoms with van der Waals surface area (Å²) in [6.07, 6.45) is 11.5. The standard InChI is InChI=1S/C11H21Br/c1-2-3-4-6-10-7-5-8-11(12)9-10/h10-11H,2-9H2,1H3. The van der Waals surface area contributed by atoms with E-state index in [0.29, 0.717) is 0 Å². The van der Waals surface area contributed by atoms with Crippen molar-refractivity contribution in [1.82, 2.24) is 0 Å². The van der Waals surface area contributed by atoms with Gasteiger partial charge in [0.25, 0.3) is 0 Å². The molecule has 0 nitrogen and oxygen atoms in total. The van der Waals surface area contributed by atoms with Crippen molar-refractivity contribution < 1.29 is 0 Å². The average molecular weight is 233 g/mol. The van der Waals surface area contributed by atoms with E-state index in [1.807, 2.05) is 0 Å². The van der Waals surface area contributed by atoms with Crippen LogP contribution in [0.1, 0.15) is 58.3 Å². The highest BCUT2D eigenvalue weighted by atomic mass is 79.9. The SMILES string of the molecule is CCCCCC1CCCC(Br)C1. The van der Waals surface area contributed by atoms with Crippen molar-refractivity contribution in [3.8, 4) is 0 Å². The molecule has 0 N–H and O–H groups in total. The van der Waals surface area contributed by atoms with Crippen LogP contribution < -0.4 is 0 Å². The molecule has 1 heteroatoms. The molecule has 0 amide bonds. The molecule has 2 atom stereocenters. The highest BCUT2D eigenvalue weighted by molar-refractivity contribution is 9.09. The molecule has 0 aliphatic heterocycles. The first-order chi connectivity index (χ1) is 5.83. The molecule has 72 valence electrons. The van der Waals surface area contributed by atoms with E-state index in [9.17, 15) is 0 Å². The summed E-state index contributed by atoms with van der Waals surface area (Å²) in [4.78, 5) is 0.831. The lowest BCUT2D eigenvalue weighted by Gasteiger charge is -2.25. The van der Waals surface area contributed by atoms with Crippen molar-refractivity contribution in [3.05, 3.63) is 0 Å². The summed E-state index contributed by atoms with van der Waals surface area (Å²) in [6.45, 7) is 2.29. The fourth-order valence-electron chi connectivity index (χ4n) is 2.17. The molecule has 1 saturated carbocycles. The Kier molecular flexibility index (Phi) is 5.29. The number of alkyl halides is 1. The van der Waals surface area contributed by atoms with Gasteiger partial charge in [0.1, 0.15) is 0 Å². The van der Waals surface area contributed by atoms with Gasteiger partial charge in [-0.1, -0.05) is 61.4 Å². The van der Waals surface area contributed by atoms with Crippen molar-refractivity contribution >= 4 is 15.9 Å². The van der Waals surface area contributed by atoms with Gasteiger partial charge in [0.15, 0.2) is 0 Å². The second-order valence-corrected chi connectivity index (χ2v) is 5.42. The largest absolute Gasteiger partial charge is 0.0891 e. The number of rotatable bonds is 4. The third kappa shape index (κ3) is 3.93. The second kappa shape index (κ2) is 6.01. The van der Waals surface area contributed by atoms with E-state index in [-0.39, 0.29) is 0 Å². The summed E-state index contributed by atoms with van der Waals surface area (Å²) >= 11 is 3.74. The van der Waals surface area contributed by atoms with Crippen LogP contribution in [0.5, 0.6) is 0 Å². The minimum atomic E-state index is 0.831. The topological polar surface area (TPSA) is 0 Å². The number of hydrogen-bond acceptors (Lipinski definition) is 0. The van der Waals surface area contributed by atoms with E-state index in [1.165, 1.54) is 51.4 Å². The molecule has 0 bridgehead atoms. The van der Waals surface area contributed by atoms with E-state index < -0.39 is 0 Å². The molecule has 0 saturated heterocycles. The number of unbranched alkanes of at least 4 members (excludes halogenated alkanes) is 2. The van der Waals surface area contributed by atoms with Crippen LogP contribution in [0.2, 0.25) is 0 Å². The summed E-state index contributed by atoms with van der Waals surface area (Å²) in [5.41, 5.74) is 0. The van der Waals surface area contributed by atoms with E-state index in [2.05, 4.69) is 22.9 Å². The Balaban J connectivity index is 2.06. The fraction of sp³-hybridized carbons (Fsp3) is 1.00. The zero-order chi connectivity index (χ0) is 8.81. The number of hydrogen-bond donors (Lipinski definition) is 0. The maximum Gasteiger partial charge on any atom is 0.0148 e. The van der Waals surface area contributed by atoms with Crippen LogP contribution in [0.3, 0.4) is 0 Å². The van der Waals surface area contributed by atoms with Gasteiger partial charge in [-0.3, -0.25) is 0 Å². The molecule has 12 heavy (non-hydrogen) atoms. The lowest BCUT2D eigenvalue weighted by atomic mass is 9.85. The normalized spacial score (nSPS) is 30.5. The van der Waals surface area contributed by atoms with Crippen LogP contribution in [0.25, 0.3) is 0 Å². The van der Waals surface area contributed by atoms with Crippen molar-refractivity contribution in [3.63, 3.8) is 0 Å². The zero-order valence-corrected chi connectivity index (χ0v) is 9.78. The molecule has 0 aromatic carbocycles. The summed E-state index contributed by atoms with van der Waals surface area (Å²) in [7, 11) is 0. The molecule has 2 unspecified atom stereocenters. The van der Waals surface area contributed by atoms with Gasteiger partial charge in [-0.2, -0.15) is 0 Å². The van der Waals surface area contributed by atoms with Gasteiger partial charge in [-0.25, -0.2) is 0 Å². The van der Waals surface area contributed by atoms with Crippen LogP contribution in [-0.2, 0) is 0 Å². The van der Waals surface area contributed by atoms with Crippen LogP contribution in [-0.4, -0.2) is 4.83 Å². The first-order valence-corrected chi connectivity index (χ1v) is 6.38. The Morgan fingerprint density at radius 3 is 2.75 bits per heavy atom. The van der Waals surface area contributed by atoms with Gasteiger partial charge in [-0.15, -0.1) is 0 Å². The van der Waals surface area contributed by atoms with Gasteiger partial charge in [0, 0.05) is 4.83 Å². The van der Waals surface area contributed by atoms with Crippen LogP contribution in [0.4, 0.5) is 0 Å². The maximum atomic E-state index is 3.74. The van der Waals surface area contributed by atoms with Crippen molar-refractivity contribution in [1.29, 1.82) is 0 Å². The van der Waals surface area contributed by atoms with E-state index in [1.54, 1.807) is 0 Å². The molecule has 1 rings (SSSR count). The quantitative estimate of drug-likeness (QED) is 0.494. The molecule has 1 aliphatic carbocycles. The van der Waals surface area contributed by atoms with Gasteiger partial charge in [0.05, 0.1) is 0 Å². The van der Waals surface area contributed by atoms with Gasteiger partial charge in [-0.05, 0) is 18.8 Å². The molecule has 0 heterocycles. The molecule has 0 aromatic heterocycles. The predicted octanol–water partition coefficient (Wildman–Crippen LogP) is 4.52. The first-order valence-electron chi connectivity index (χ1n) is 5.47. The molecular weight excluding hydrogens is 212 g/mol. The number of halogens is 1. The molecule has 0 aromatic rings. The van der Waals surface area contributed by atoms with Gasteiger partial charge in [0.2, 0.25) is 0 Å². The Morgan fingerprint density at radius 2 is 2.08 bits per heavy atom. The summed E-state index contributed by atoms with van der Waals surface area (Å²) in [5, 5.41) is 0. The first kappa shape index (κ1) is 10.6. The van der Waals surface area contributed by atoms with E-state index in [0.717, 1.165) is 10.7 Å². The zero-order valence-electron chi connectivity index (χ0n) is 8.19. The van der Waals surface area contributed by atoms with Crippen molar-refractivity contribution in [2.45, 2.75) is 63.1 Å². The lowest BCUT2D eigenvalue weighted by molar-refractivity contribution is 0.339. The molecule has 0 radical (unpaired) electrons. The Hall–Kier alpha value is 0.480. The molecule has 1 fully saturated rings. The highest BCUT2D eigenvalue weighted by Gasteiger charge is 2.18.